The number of nitrogens with one attached hydrogen (secondary N) is 1. The van der Waals surface area contributed by atoms with Crippen LogP contribution in [0.1, 0.15) is 18.3 Å². The van der Waals surface area contributed by atoms with Gasteiger partial charge in [0, 0.05) is 36.4 Å². The highest BCUT2D eigenvalue weighted by molar-refractivity contribution is 6.31. The summed E-state index contributed by atoms with van der Waals surface area (Å²) in [5, 5.41) is 0.420. The van der Waals surface area contributed by atoms with Gasteiger partial charge in [-0.1, -0.05) is 17.7 Å². The Labute approximate surface area is 122 Å². The van der Waals surface area contributed by atoms with Crippen LogP contribution in [0.2, 0.25) is 5.02 Å². The summed E-state index contributed by atoms with van der Waals surface area (Å²) in [7, 11) is 0. The Morgan fingerprint density at radius 3 is 2.90 bits per heavy atom. The van der Waals surface area contributed by atoms with Gasteiger partial charge < -0.3 is 4.57 Å². The molecular formula is C14H18ClFN4. The molecule has 20 heavy (non-hydrogen) atoms. The summed E-state index contributed by atoms with van der Waals surface area (Å²) in [5.41, 5.74) is 3.64. The first-order valence-electron chi connectivity index (χ1n) is 6.54. The first-order valence-corrected chi connectivity index (χ1v) is 6.92. The third kappa shape index (κ3) is 3.56. The van der Waals surface area contributed by atoms with Crippen LogP contribution in [0.15, 0.2) is 30.6 Å². The van der Waals surface area contributed by atoms with Crippen LogP contribution in [0.3, 0.4) is 0 Å². The molecule has 0 radical (unpaired) electrons. The van der Waals surface area contributed by atoms with E-state index in [1.54, 1.807) is 12.3 Å². The van der Waals surface area contributed by atoms with Gasteiger partial charge in [-0.2, -0.15) is 0 Å². The average molecular weight is 297 g/mol. The Bertz CT molecular complexity index is 570. The predicted molar refractivity (Wildman–Crippen MR) is 77.8 cm³/mol. The SMILES string of the molecule is CCn1ccnc1CC(Cc1ccc(F)cc1Cl)NN. The lowest BCUT2D eigenvalue weighted by molar-refractivity contribution is 0.499. The van der Waals surface area contributed by atoms with Crippen molar-refractivity contribution in [3.05, 3.63) is 52.8 Å². The third-order valence-corrected chi connectivity index (χ3v) is 3.64. The number of nitrogens with two attached hydrogens (primary N) is 1. The van der Waals surface area contributed by atoms with E-state index >= 15 is 0 Å². The van der Waals surface area contributed by atoms with E-state index in [1.807, 2.05) is 6.20 Å². The molecule has 1 aromatic carbocycles. The number of imidazole rings is 1. The minimum Gasteiger partial charge on any atom is -0.335 e. The molecule has 0 saturated carbocycles. The molecule has 4 nitrogen and oxygen atoms in total. The zero-order valence-corrected chi connectivity index (χ0v) is 12.1. The molecule has 0 saturated heterocycles. The Morgan fingerprint density at radius 2 is 2.25 bits per heavy atom. The van der Waals surface area contributed by atoms with Crippen LogP contribution >= 0.6 is 11.6 Å². The zero-order chi connectivity index (χ0) is 14.5. The smallest absolute Gasteiger partial charge is 0.124 e. The third-order valence-electron chi connectivity index (χ3n) is 3.29. The Morgan fingerprint density at radius 1 is 1.45 bits per heavy atom. The molecule has 2 aromatic rings. The highest BCUT2D eigenvalue weighted by atomic mass is 35.5. The molecular weight excluding hydrogens is 279 g/mol. The van der Waals surface area contributed by atoms with Crippen molar-refractivity contribution in [2.24, 2.45) is 5.84 Å². The van der Waals surface area contributed by atoms with E-state index in [-0.39, 0.29) is 11.9 Å². The lowest BCUT2D eigenvalue weighted by Crippen LogP contribution is -2.39. The molecule has 6 heteroatoms. The van der Waals surface area contributed by atoms with E-state index in [0.717, 1.165) is 17.9 Å². The maximum Gasteiger partial charge on any atom is 0.124 e. The van der Waals surface area contributed by atoms with Crippen LogP contribution in [0.5, 0.6) is 0 Å². The van der Waals surface area contributed by atoms with Gasteiger partial charge in [0.1, 0.15) is 11.6 Å². The van der Waals surface area contributed by atoms with Crippen molar-refractivity contribution in [1.82, 2.24) is 15.0 Å². The number of rotatable bonds is 6. The van der Waals surface area contributed by atoms with Gasteiger partial charge in [-0.3, -0.25) is 11.3 Å². The minimum atomic E-state index is -0.336. The van der Waals surface area contributed by atoms with Crippen LogP contribution in [0.25, 0.3) is 0 Å². The van der Waals surface area contributed by atoms with Gasteiger partial charge in [-0.05, 0) is 31.0 Å². The van der Waals surface area contributed by atoms with Gasteiger partial charge in [-0.25, -0.2) is 9.37 Å². The summed E-state index contributed by atoms with van der Waals surface area (Å²) in [6.45, 7) is 2.93. The molecule has 0 spiro atoms. The van der Waals surface area contributed by atoms with E-state index in [0.29, 0.717) is 17.9 Å². The number of hydrogen-bond donors (Lipinski definition) is 2. The second-order valence-electron chi connectivity index (χ2n) is 4.64. The zero-order valence-electron chi connectivity index (χ0n) is 11.3. The van der Waals surface area contributed by atoms with Gasteiger partial charge in [0.05, 0.1) is 0 Å². The van der Waals surface area contributed by atoms with E-state index in [9.17, 15) is 4.39 Å². The van der Waals surface area contributed by atoms with Crippen molar-refractivity contribution in [3.8, 4) is 0 Å². The van der Waals surface area contributed by atoms with Crippen LogP contribution in [0.4, 0.5) is 4.39 Å². The monoisotopic (exact) mass is 296 g/mol. The number of hydrazine groups is 1. The predicted octanol–water partition coefficient (Wildman–Crippen LogP) is 2.31. The second kappa shape index (κ2) is 6.83. The summed E-state index contributed by atoms with van der Waals surface area (Å²) in [6, 6.07) is 4.40. The van der Waals surface area contributed by atoms with Gasteiger partial charge >= 0.3 is 0 Å². The number of aryl methyl sites for hydroxylation is 1. The lowest BCUT2D eigenvalue weighted by Gasteiger charge is -2.17. The van der Waals surface area contributed by atoms with E-state index < -0.39 is 0 Å². The summed E-state index contributed by atoms with van der Waals surface area (Å²) >= 11 is 6.04. The summed E-state index contributed by atoms with van der Waals surface area (Å²) < 4.78 is 15.1. The van der Waals surface area contributed by atoms with Crippen molar-refractivity contribution in [2.75, 3.05) is 0 Å². The van der Waals surface area contributed by atoms with Crippen LogP contribution in [-0.4, -0.2) is 15.6 Å². The van der Waals surface area contributed by atoms with Crippen molar-refractivity contribution in [2.45, 2.75) is 32.4 Å². The van der Waals surface area contributed by atoms with Crippen molar-refractivity contribution >= 4 is 11.6 Å². The van der Waals surface area contributed by atoms with Crippen LogP contribution < -0.4 is 11.3 Å². The Balaban J connectivity index is 2.09. The Kier molecular flexibility index (Phi) is 5.11. The molecule has 1 unspecified atom stereocenters. The standard InChI is InChI=1S/C14H18ClFN4/c1-2-20-6-5-18-14(20)9-12(19-17)7-10-3-4-11(16)8-13(10)15/h3-6,8,12,19H,2,7,9,17H2,1H3. The van der Waals surface area contributed by atoms with E-state index in [4.69, 9.17) is 17.4 Å². The fraction of sp³-hybridized carbons (Fsp3) is 0.357. The maximum absolute atomic E-state index is 13.0. The van der Waals surface area contributed by atoms with Gasteiger partial charge in [0.25, 0.3) is 0 Å². The highest BCUT2D eigenvalue weighted by Crippen LogP contribution is 2.19. The summed E-state index contributed by atoms with van der Waals surface area (Å²) in [4.78, 5) is 4.33. The summed E-state index contributed by atoms with van der Waals surface area (Å²) in [5.74, 6) is 6.24. The number of hydrogen-bond acceptors (Lipinski definition) is 3. The van der Waals surface area contributed by atoms with E-state index in [1.165, 1.54) is 12.1 Å². The molecule has 0 bridgehead atoms. The second-order valence-corrected chi connectivity index (χ2v) is 5.04. The lowest BCUT2D eigenvalue weighted by atomic mass is 10.0. The first-order chi connectivity index (χ1) is 9.63. The van der Waals surface area contributed by atoms with Crippen LogP contribution in [-0.2, 0) is 19.4 Å². The normalized spacial score (nSPS) is 12.6. The largest absolute Gasteiger partial charge is 0.335 e. The Hall–Kier alpha value is -1.43. The highest BCUT2D eigenvalue weighted by Gasteiger charge is 2.14. The number of nitrogens with zero attached hydrogens (tertiary/aromatic N) is 2. The first kappa shape index (κ1) is 15.0. The van der Waals surface area contributed by atoms with Gasteiger partial charge in [0.15, 0.2) is 0 Å². The maximum atomic E-state index is 13.0. The summed E-state index contributed by atoms with van der Waals surface area (Å²) in [6.07, 6.45) is 5.02. The molecule has 0 fully saturated rings. The molecule has 0 amide bonds. The molecule has 3 N–H and O–H groups in total. The molecule has 108 valence electrons. The van der Waals surface area contributed by atoms with Crippen LogP contribution in [0, 0.1) is 5.82 Å². The number of aromatic nitrogens is 2. The minimum absolute atomic E-state index is 0.00865. The molecule has 2 rings (SSSR count). The van der Waals surface area contributed by atoms with Crippen molar-refractivity contribution < 1.29 is 4.39 Å². The quantitative estimate of drug-likeness (QED) is 0.635. The fourth-order valence-corrected chi connectivity index (χ4v) is 2.43. The van der Waals surface area contributed by atoms with Crippen molar-refractivity contribution in [3.63, 3.8) is 0 Å². The molecule has 0 aliphatic heterocycles. The topological polar surface area (TPSA) is 55.9 Å². The van der Waals surface area contributed by atoms with E-state index in [2.05, 4.69) is 21.9 Å². The number of halogens is 2. The molecule has 1 atom stereocenters. The molecule has 0 aliphatic rings. The molecule has 0 aliphatic carbocycles. The average Bonchev–Trinajstić information content (AvgIpc) is 2.88. The number of benzene rings is 1. The van der Waals surface area contributed by atoms with Gasteiger partial charge in [-0.15, -0.1) is 0 Å². The van der Waals surface area contributed by atoms with Gasteiger partial charge in [0.2, 0.25) is 0 Å². The molecule has 1 aromatic heterocycles. The molecule has 1 heterocycles. The fourth-order valence-electron chi connectivity index (χ4n) is 2.18. The van der Waals surface area contributed by atoms with Crippen molar-refractivity contribution in [1.29, 1.82) is 0 Å².